The van der Waals surface area contributed by atoms with Gasteiger partial charge < -0.3 is 16.0 Å². The summed E-state index contributed by atoms with van der Waals surface area (Å²) in [7, 11) is 0. The van der Waals surface area contributed by atoms with Crippen molar-refractivity contribution in [2.24, 2.45) is 5.73 Å². The lowest BCUT2D eigenvalue weighted by Gasteiger charge is -2.30. The van der Waals surface area contributed by atoms with Crippen LogP contribution in [0.5, 0.6) is 0 Å². The molecule has 1 aliphatic heterocycles. The van der Waals surface area contributed by atoms with E-state index >= 15 is 0 Å². The molecule has 2 aromatic rings. The fourth-order valence-corrected chi connectivity index (χ4v) is 2.97. The van der Waals surface area contributed by atoms with Crippen LogP contribution in [0.1, 0.15) is 15.9 Å². The van der Waals surface area contributed by atoms with Gasteiger partial charge in [0.05, 0.1) is 5.56 Å². The second-order valence-corrected chi connectivity index (χ2v) is 5.91. The summed E-state index contributed by atoms with van der Waals surface area (Å²) in [6.07, 6.45) is -4.44. The summed E-state index contributed by atoms with van der Waals surface area (Å²) in [5.74, 6) is -0.663. The van der Waals surface area contributed by atoms with E-state index in [1.54, 1.807) is 18.2 Å². The maximum Gasteiger partial charge on any atom is 0.416 e. The monoisotopic (exact) mass is 349 g/mol. The number of nitrogens with zero attached hydrogens (tertiary/aromatic N) is 1. The zero-order valence-electron chi connectivity index (χ0n) is 13.4. The lowest BCUT2D eigenvalue weighted by molar-refractivity contribution is -0.137. The molecule has 2 aromatic carbocycles. The Bertz CT molecular complexity index is 783. The number of primary amides is 1. The third-order valence-electron chi connectivity index (χ3n) is 4.25. The summed E-state index contributed by atoms with van der Waals surface area (Å²) >= 11 is 0. The van der Waals surface area contributed by atoms with Crippen LogP contribution in [0.15, 0.2) is 42.5 Å². The fourth-order valence-electron chi connectivity index (χ4n) is 2.97. The highest BCUT2D eigenvalue weighted by atomic mass is 19.4. The summed E-state index contributed by atoms with van der Waals surface area (Å²) < 4.78 is 38.8. The van der Waals surface area contributed by atoms with Crippen LogP contribution in [-0.4, -0.2) is 32.1 Å². The number of nitrogens with two attached hydrogens (primary N) is 1. The Morgan fingerprint density at radius 3 is 2.44 bits per heavy atom. The van der Waals surface area contributed by atoms with Gasteiger partial charge in [0.2, 0.25) is 5.91 Å². The molecule has 0 aliphatic carbocycles. The van der Waals surface area contributed by atoms with Crippen LogP contribution in [0, 0.1) is 0 Å². The zero-order valence-corrected chi connectivity index (χ0v) is 13.4. The van der Waals surface area contributed by atoms with Crippen molar-refractivity contribution in [3.05, 3.63) is 53.6 Å². The number of halogens is 3. The van der Waals surface area contributed by atoms with E-state index in [0.29, 0.717) is 11.1 Å². The molecule has 4 nitrogen and oxygen atoms in total. The van der Waals surface area contributed by atoms with Gasteiger partial charge in [-0.1, -0.05) is 18.2 Å². The van der Waals surface area contributed by atoms with E-state index in [9.17, 15) is 18.0 Å². The number of anilines is 1. The highest BCUT2D eigenvalue weighted by Gasteiger charge is 2.30. The summed E-state index contributed by atoms with van der Waals surface area (Å²) in [5, 5.41) is 3.24. The number of rotatable bonds is 3. The van der Waals surface area contributed by atoms with E-state index in [2.05, 4.69) is 10.2 Å². The maximum absolute atomic E-state index is 12.9. The largest absolute Gasteiger partial charge is 0.416 e. The lowest BCUT2D eigenvalue weighted by atomic mass is 9.96. The molecular formula is C18H18F3N3O. The topological polar surface area (TPSA) is 58.4 Å². The predicted octanol–water partition coefficient (Wildman–Crippen LogP) is 2.88. The van der Waals surface area contributed by atoms with Crippen LogP contribution in [-0.2, 0) is 6.18 Å². The molecule has 3 N–H and O–H groups in total. The van der Waals surface area contributed by atoms with E-state index in [-0.39, 0.29) is 5.56 Å². The van der Waals surface area contributed by atoms with Crippen molar-refractivity contribution in [2.45, 2.75) is 6.18 Å². The van der Waals surface area contributed by atoms with Gasteiger partial charge in [0.1, 0.15) is 0 Å². The third kappa shape index (κ3) is 3.76. The average molecular weight is 349 g/mol. The standard InChI is InChI=1S/C18H18F3N3O/c19-18(20,21)13-3-1-2-12(10-13)15-5-4-14(11-16(15)17(22)25)24-8-6-23-7-9-24/h1-5,10-11,23H,6-9H2,(H2,22,25). The van der Waals surface area contributed by atoms with E-state index in [1.165, 1.54) is 6.07 Å². The Morgan fingerprint density at radius 1 is 1.08 bits per heavy atom. The highest BCUT2D eigenvalue weighted by Crippen LogP contribution is 2.34. The summed E-state index contributed by atoms with van der Waals surface area (Å²) in [6, 6.07) is 10.0. The van der Waals surface area contributed by atoms with Gasteiger partial charge in [-0.25, -0.2) is 0 Å². The Labute approximate surface area is 143 Å². The summed E-state index contributed by atoms with van der Waals surface area (Å²) in [5.41, 5.74) is 6.50. The normalized spacial score (nSPS) is 15.2. The Morgan fingerprint density at radius 2 is 1.80 bits per heavy atom. The van der Waals surface area contributed by atoms with Gasteiger partial charge in [-0.15, -0.1) is 0 Å². The molecule has 1 aliphatic rings. The molecule has 0 atom stereocenters. The molecule has 1 amide bonds. The molecule has 0 bridgehead atoms. The van der Waals surface area contributed by atoms with Crippen molar-refractivity contribution in [1.82, 2.24) is 5.32 Å². The quantitative estimate of drug-likeness (QED) is 0.896. The lowest BCUT2D eigenvalue weighted by Crippen LogP contribution is -2.43. The molecule has 0 aromatic heterocycles. The second kappa shape index (κ2) is 6.76. The number of carbonyl (C=O) groups is 1. The van der Waals surface area contributed by atoms with Gasteiger partial charge >= 0.3 is 6.18 Å². The zero-order chi connectivity index (χ0) is 18.0. The van der Waals surface area contributed by atoms with E-state index < -0.39 is 17.6 Å². The van der Waals surface area contributed by atoms with E-state index in [1.807, 2.05) is 6.07 Å². The van der Waals surface area contributed by atoms with Crippen molar-refractivity contribution in [2.75, 3.05) is 31.1 Å². The van der Waals surface area contributed by atoms with Gasteiger partial charge in [-0.2, -0.15) is 13.2 Å². The number of benzene rings is 2. The van der Waals surface area contributed by atoms with E-state index in [4.69, 9.17) is 5.73 Å². The number of nitrogens with one attached hydrogen (secondary N) is 1. The van der Waals surface area contributed by atoms with E-state index in [0.717, 1.165) is 44.0 Å². The summed E-state index contributed by atoms with van der Waals surface area (Å²) in [6.45, 7) is 3.25. The minimum atomic E-state index is -4.44. The number of piperazine rings is 1. The number of amides is 1. The number of hydrogen-bond acceptors (Lipinski definition) is 3. The molecule has 1 fully saturated rings. The summed E-state index contributed by atoms with van der Waals surface area (Å²) in [4.78, 5) is 14.0. The minimum Gasteiger partial charge on any atom is -0.369 e. The first-order valence-corrected chi connectivity index (χ1v) is 7.93. The molecule has 0 radical (unpaired) electrons. The highest BCUT2D eigenvalue weighted by molar-refractivity contribution is 6.01. The van der Waals surface area contributed by atoms with Gasteiger partial charge in [0.25, 0.3) is 0 Å². The molecule has 1 saturated heterocycles. The second-order valence-electron chi connectivity index (χ2n) is 5.91. The van der Waals surface area contributed by atoms with Crippen molar-refractivity contribution in [3.8, 4) is 11.1 Å². The number of alkyl halides is 3. The third-order valence-corrected chi connectivity index (χ3v) is 4.25. The van der Waals surface area contributed by atoms with Gasteiger partial charge in [0, 0.05) is 37.4 Å². The predicted molar refractivity (Wildman–Crippen MR) is 90.5 cm³/mol. The van der Waals surface area contributed by atoms with Crippen LogP contribution in [0.3, 0.4) is 0 Å². The molecule has 0 spiro atoms. The van der Waals surface area contributed by atoms with Crippen LogP contribution in [0.2, 0.25) is 0 Å². The van der Waals surface area contributed by atoms with Crippen molar-refractivity contribution in [1.29, 1.82) is 0 Å². The molecule has 3 rings (SSSR count). The fraction of sp³-hybridized carbons (Fsp3) is 0.278. The molecule has 0 saturated carbocycles. The first-order valence-electron chi connectivity index (χ1n) is 7.93. The van der Waals surface area contributed by atoms with Crippen LogP contribution in [0.4, 0.5) is 18.9 Å². The molecular weight excluding hydrogens is 331 g/mol. The Hall–Kier alpha value is -2.54. The van der Waals surface area contributed by atoms with Gasteiger partial charge in [-0.05, 0) is 35.4 Å². The van der Waals surface area contributed by atoms with Crippen molar-refractivity contribution >= 4 is 11.6 Å². The van der Waals surface area contributed by atoms with Crippen LogP contribution in [0.25, 0.3) is 11.1 Å². The van der Waals surface area contributed by atoms with Crippen LogP contribution >= 0.6 is 0 Å². The van der Waals surface area contributed by atoms with Crippen LogP contribution < -0.4 is 16.0 Å². The number of hydrogen-bond donors (Lipinski definition) is 2. The molecule has 25 heavy (non-hydrogen) atoms. The first kappa shape index (κ1) is 17.3. The van der Waals surface area contributed by atoms with Gasteiger partial charge in [-0.3, -0.25) is 4.79 Å². The Balaban J connectivity index is 2.03. The van der Waals surface area contributed by atoms with Crippen molar-refractivity contribution in [3.63, 3.8) is 0 Å². The molecule has 1 heterocycles. The molecule has 7 heteroatoms. The average Bonchev–Trinajstić information content (AvgIpc) is 2.61. The Kier molecular flexibility index (Phi) is 4.67. The number of carbonyl (C=O) groups excluding carboxylic acids is 1. The first-order chi connectivity index (χ1) is 11.9. The molecule has 132 valence electrons. The smallest absolute Gasteiger partial charge is 0.369 e. The minimum absolute atomic E-state index is 0.218. The molecule has 0 unspecified atom stereocenters. The van der Waals surface area contributed by atoms with Gasteiger partial charge in [0.15, 0.2) is 0 Å². The van der Waals surface area contributed by atoms with Crippen molar-refractivity contribution < 1.29 is 18.0 Å². The maximum atomic E-state index is 12.9. The SMILES string of the molecule is NC(=O)c1cc(N2CCNCC2)ccc1-c1cccc(C(F)(F)F)c1.